The van der Waals surface area contributed by atoms with Crippen molar-refractivity contribution in [1.82, 2.24) is 0 Å². The van der Waals surface area contributed by atoms with Gasteiger partial charge in [-0.15, -0.1) is 11.3 Å². The van der Waals surface area contributed by atoms with E-state index in [-0.39, 0.29) is 12.2 Å². The lowest BCUT2D eigenvalue weighted by atomic mass is 9.89. The molecule has 2 aromatic rings. The average Bonchev–Trinajstić information content (AvgIpc) is 3.05. The van der Waals surface area contributed by atoms with Gasteiger partial charge in [-0.1, -0.05) is 18.5 Å². The van der Waals surface area contributed by atoms with Crippen LogP contribution in [-0.2, 0) is 10.4 Å². The Morgan fingerprint density at radius 3 is 2.75 bits per heavy atom. The molecular formula is C17H15BrClNO3S. The minimum atomic E-state index is -1.87. The van der Waals surface area contributed by atoms with Gasteiger partial charge in [0, 0.05) is 17.1 Å². The van der Waals surface area contributed by atoms with Gasteiger partial charge in [0.25, 0.3) is 5.91 Å². The number of thiophene rings is 1. The first-order valence-electron chi connectivity index (χ1n) is 7.49. The predicted octanol–water partition coefficient (Wildman–Crippen LogP) is 4.38. The van der Waals surface area contributed by atoms with E-state index < -0.39 is 11.5 Å². The molecule has 0 fully saturated rings. The molecule has 1 aliphatic heterocycles. The summed E-state index contributed by atoms with van der Waals surface area (Å²) in [5, 5.41) is 11.5. The Morgan fingerprint density at radius 1 is 1.38 bits per heavy atom. The molecule has 24 heavy (non-hydrogen) atoms. The van der Waals surface area contributed by atoms with Crippen molar-refractivity contribution >= 4 is 56.2 Å². The summed E-state index contributed by atoms with van der Waals surface area (Å²) < 4.78 is 0.826. The second kappa shape index (κ2) is 6.59. The zero-order chi connectivity index (χ0) is 17.5. The normalized spacial score (nSPS) is 19.7. The van der Waals surface area contributed by atoms with Gasteiger partial charge >= 0.3 is 0 Å². The van der Waals surface area contributed by atoms with Gasteiger partial charge in [-0.05, 0) is 52.7 Å². The molecular weight excluding hydrogens is 414 g/mol. The van der Waals surface area contributed by atoms with Gasteiger partial charge in [-0.2, -0.15) is 0 Å². The molecule has 7 heteroatoms. The van der Waals surface area contributed by atoms with Crippen molar-refractivity contribution in [3.8, 4) is 0 Å². The van der Waals surface area contributed by atoms with Crippen molar-refractivity contribution in [3.63, 3.8) is 0 Å². The molecule has 0 saturated heterocycles. The zero-order valence-electron chi connectivity index (χ0n) is 12.9. The standard InChI is InChI=1S/C17H15BrClNO3S/c1-2-7-20-12-4-3-10(19)8-11(12)17(23,16(20)22)9-13(21)14-5-6-15(18)24-14/h3-6,8,23H,2,7,9H2,1H3/t17-/m1/s1. The number of carbonyl (C=O) groups is 2. The Labute approximate surface area is 157 Å². The summed E-state index contributed by atoms with van der Waals surface area (Å²) in [4.78, 5) is 27.4. The predicted molar refractivity (Wildman–Crippen MR) is 99.0 cm³/mol. The van der Waals surface area contributed by atoms with Gasteiger partial charge in [-0.3, -0.25) is 9.59 Å². The number of rotatable bonds is 5. The largest absolute Gasteiger partial charge is 0.375 e. The highest BCUT2D eigenvalue weighted by Gasteiger charge is 2.50. The van der Waals surface area contributed by atoms with E-state index in [0.717, 1.165) is 10.2 Å². The third-order valence-electron chi connectivity index (χ3n) is 4.01. The van der Waals surface area contributed by atoms with Crippen molar-refractivity contribution in [1.29, 1.82) is 0 Å². The first-order valence-corrected chi connectivity index (χ1v) is 9.48. The minimum absolute atomic E-state index is 0.272. The number of halogens is 2. The molecule has 1 aromatic heterocycles. The summed E-state index contributed by atoms with van der Waals surface area (Å²) in [5.41, 5.74) is -0.852. The smallest absolute Gasteiger partial charge is 0.264 e. The van der Waals surface area contributed by atoms with E-state index >= 15 is 0 Å². The quantitative estimate of drug-likeness (QED) is 0.719. The Balaban J connectivity index is 2.01. The fourth-order valence-corrected chi connectivity index (χ4v) is 4.42. The maximum absolute atomic E-state index is 12.8. The average molecular weight is 429 g/mol. The lowest BCUT2D eigenvalue weighted by Gasteiger charge is -2.22. The summed E-state index contributed by atoms with van der Waals surface area (Å²) in [7, 11) is 0. The van der Waals surface area contributed by atoms with Crippen LogP contribution in [0.25, 0.3) is 0 Å². The Kier molecular flexibility index (Phi) is 4.84. The van der Waals surface area contributed by atoms with Crippen LogP contribution >= 0.6 is 38.9 Å². The fraction of sp³-hybridized carbons (Fsp3) is 0.294. The first-order chi connectivity index (χ1) is 11.4. The molecule has 4 nitrogen and oxygen atoms in total. The molecule has 1 atom stereocenters. The number of Topliss-reactive ketones (excluding diaryl/α,β-unsaturated/α-hetero) is 1. The molecule has 0 bridgehead atoms. The molecule has 3 rings (SSSR count). The number of ketones is 1. The maximum atomic E-state index is 12.8. The van der Waals surface area contributed by atoms with Crippen LogP contribution < -0.4 is 4.90 Å². The number of hydrogen-bond donors (Lipinski definition) is 1. The number of nitrogens with zero attached hydrogens (tertiary/aromatic N) is 1. The van der Waals surface area contributed by atoms with Crippen molar-refractivity contribution in [2.24, 2.45) is 0 Å². The van der Waals surface area contributed by atoms with Crippen LogP contribution in [-0.4, -0.2) is 23.3 Å². The number of hydrogen-bond acceptors (Lipinski definition) is 4. The minimum Gasteiger partial charge on any atom is -0.375 e. The Morgan fingerprint density at radius 2 is 2.12 bits per heavy atom. The van der Waals surface area contributed by atoms with Crippen molar-refractivity contribution < 1.29 is 14.7 Å². The van der Waals surface area contributed by atoms with E-state index in [1.807, 2.05) is 6.92 Å². The highest BCUT2D eigenvalue weighted by atomic mass is 79.9. The van der Waals surface area contributed by atoms with Crippen LogP contribution in [0.15, 0.2) is 34.1 Å². The van der Waals surface area contributed by atoms with Crippen molar-refractivity contribution in [2.45, 2.75) is 25.4 Å². The molecule has 2 heterocycles. The number of amides is 1. The topological polar surface area (TPSA) is 57.6 Å². The summed E-state index contributed by atoms with van der Waals surface area (Å²) in [6, 6.07) is 8.42. The second-order valence-electron chi connectivity index (χ2n) is 5.68. The first kappa shape index (κ1) is 17.6. The van der Waals surface area contributed by atoms with Gasteiger partial charge in [-0.25, -0.2) is 0 Å². The van der Waals surface area contributed by atoms with Gasteiger partial charge in [0.15, 0.2) is 11.4 Å². The summed E-state index contributed by atoms with van der Waals surface area (Å²) >= 11 is 10.6. The molecule has 1 aromatic carbocycles. The summed E-state index contributed by atoms with van der Waals surface area (Å²) in [6.45, 7) is 2.43. The lowest BCUT2D eigenvalue weighted by molar-refractivity contribution is -0.135. The number of carbonyl (C=O) groups excluding carboxylic acids is 2. The SMILES string of the molecule is CCCN1C(=O)[C@@](O)(CC(=O)c2ccc(Br)s2)c2cc(Cl)ccc21. The van der Waals surface area contributed by atoms with E-state index in [1.54, 1.807) is 30.3 Å². The molecule has 1 N–H and O–H groups in total. The summed E-state index contributed by atoms with van der Waals surface area (Å²) in [5.74, 6) is -0.739. The van der Waals surface area contributed by atoms with Crippen LogP contribution in [0.4, 0.5) is 5.69 Å². The van der Waals surface area contributed by atoms with Gasteiger partial charge in [0.2, 0.25) is 0 Å². The molecule has 0 saturated carbocycles. The van der Waals surface area contributed by atoms with Crippen LogP contribution in [0, 0.1) is 0 Å². The summed E-state index contributed by atoms with van der Waals surface area (Å²) in [6.07, 6.45) is 0.446. The molecule has 1 amide bonds. The van der Waals surface area contributed by atoms with E-state index in [2.05, 4.69) is 15.9 Å². The molecule has 1 aliphatic rings. The second-order valence-corrected chi connectivity index (χ2v) is 8.58. The van der Waals surface area contributed by atoms with Crippen molar-refractivity contribution in [2.75, 3.05) is 11.4 Å². The third-order valence-corrected chi connectivity index (χ3v) is 5.91. The number of fused-ring (bicyclic) bond motifs is 1. The molecule has 0 radical (unpaired) electrons. The highest BCUT2D eigenvalue weighted by molar-refractivity contribution is 9.11. The lowest BCUT2D eigenvalue weighted by Crippen LogP contribution is -2.42. The van der Waals surface area contributed by atoms with Crippen LogP contribution in [0.5, 0.6) is 0 Å². The zero-order valence-corrected chi connectivity index (χ0v) is 16.0. The molecule has 0 spiro atoms. The van der Waals surface area contributed by atoms with Crippen LogP contribution in [0.1, 0.15) is 35.0 Å². The van der Waals surface area contributed by atoms with Crippen molar-refractivity contribution in [3.05, 3.63) is 49.6 Å². The molecule has 0 unspecified atom stereocenters. The van der Waals surface area contributed by atoms with Gasteiger partial charge in [0.1, 0.15) is 0 Å². The highest BCUT2D eigenvalue weighted by Crippen LogP contribution is 2.44. The number of anilines is 1. The van der Waals surface area contributed by atoms with Crippen LogP contribution in [0.2, 0.25) is 5.02 Å². The molecule has 126 valence electrons. The van der Waals surface area contributed by atoms with E-state index in [0.29, 0.717) is 27.7 Å². The fourth-order valence-electron chi connectivity index (χ4n) is 2.92. The van der Waals surface area contributed by atoms with Crippen LogP contribution in [0.3, 0.4) is 0 Å². The monoisotopic (exact) mass is 427 g/mol. The number of benzene rings is 1. The maximum Gasteiger partial charge on any atom is 0.264 e. The van der Waals surface area contributed by atoms with E-state index in [4.69, 9.17) is 11.6 Å². The van der Waals surface area contributed by atoms with E-state index in [9.17, 15) is 14.7 Å². The number of aliphatic hydroxyl groups is 1. The third kappa shape index (κ3) is 2.92. The Hall–Kier alpha value is -1.21. The molecule has 0 aliphatic carbocycles. The van der Waals surface area contributed by atoms with Gasteiger partial charge in [0.05, 0.1) is 20.8 Å². The van der Waals surface area contributed by atoms with E-state index in [1.165, 1.54) is 16.2 Å². The van der Waals surface area contributed by atoms with Gasteiger partial charge < -0.3 is 10.0 Å². The Bertz CT molecular complexity index is 822.